The molecule has 0 heterocycles. The molecular weight excluding hydrogens is 402 g/mol. The molecular formula is C25H53N5O2. The van der Waals surface area contributed by atoms with Gasteiger partial charge in [-0.2, -0.15) is 0 Å². The van der Waals surface area contributed by atoms with Crippen molar-refractivity contribution >= 4 is 11.6 Å². The van der Waals surface area contributed by atoms with Crippen LogP contribution in [-0.2, 0) is 9.59 Å². The number of Topliss-reactive ketones (excluding diaryl/α,β-unsaturated/α-hetero) is 2. The van der Waals surface area contributed by atoms with Crippen molar-refractivity contribution in [3.05, 3.63) is 0 Å². The molecule has 8 N–H and O–H groups in total. The Hall–Kier alpha value is -0.860. The molecule has 0 spiro atoms. The minimum Gasteiger partial charge on any atom is -0.330 e. The van der Waals surface area contributed by atoms with Gasteiger partial charge >= 0.3 is 0 Å². The van der Waals surface area contributed by atoms with Gasteiger partial charge in [0.2, 0.25) is 0 Å². The Morgan fingerprint density at radius 1 is 0.812 bits per heavy atom. The molecule has 0 aromatic rings. The molecule has 190 valence electrons. The van der Waals surface area contributed by atoms with Gasteiger partial charge in [-0.25, -0.2) is 0 Å². The molecule has 0 aromatic heterocycles. The van der Waals surface area contributed by atoms with Crippen molar-refractivity contribution in [2.24, 2.45) is 28.0 Å². The average molecular weight is 456 g/mol. The summed E-state index contributed by atoms with van der Waals surface area (Å²) in [5, 5.41) is 6.89. The normalized spacial score (nSPS) is 15.5. The summed E-state index contributed by atoms with van der Waals surface area (Å²) in [4.78, 5) is 25.8. The van der Waals surface area contributed by atoms with E-state index >= 15 is 0 Å². The van der Waals surface area contributed by atoms with Gasteiger partial charge in [-0.15, -0.1) is 0 Å². The zero-order valence-corrected chi connectivity index (χ0v) is 22.4. The van der Waals surface area contributed by atoms with Gasteiger partial charge in [0.15, 0.2) is 11.6 Å². The van der Waals surface area contributed by atoms with E-state index in [1.54, 1.807) is 0 Å². The van der Waals surface area contributed by atoms with Crippen LogP contribution in [0.5, 0.6) is 0 Å². The van der Waals surface area contributed by atoms with Crippen LogP contribution < -0.4 is 27.8 Å². The van der Waals surface area contributed by atoms with Gasteiger partial charge in [-0.1, -0.05) is 47.5 Å². The van der Waals surface area contributed by atoms with E-state index in [2.05, 4.69) is 24.5 Å². The highest BCUT2D eigenvalue weighted by Crippen LogP contribution is 2.34. The van der Waals surface area contributed by atoms with E-state index in [0.717, 1.165) is 38.6 Å². The van der Waals surface area contributed by atoms with Crippen LogP contribution in [0.25, 0.3) is 0 Å². The third-order valence-corrected chi connectivity index (χ3v) is 6.57. The molecule has 32 heavy (non-hydrogen) atoms. The van der Waals surface area contributed by atoms with Crippen LogP contribution in [0.3, 0.4) is 0 Å². The van der Waals surface area contributed by atoms with Gasteiger partial charge in [0.25, 0.3) is 0 Å². The molecule has 0 saturated carbocycles. The number of ketones is 2. The second kappa shape index (κ2) is 12.6. The lowest BCUT2D eigenvalue weighted by Crippen LogP contribution is -2.62. The summed E-state index contributed by atoms with van der Waals surface area (Å²) in [5.74, 6) is 0.261. The maximum atomic E-state index is 13.6. The van der Waals surface area contributed by atoms with E-state index in [4.69, 9.17) is 17.2 Å². The van der Waals surface area contributed by atoms with Crippen molar-refractivity contribution in [3.8, 4) is 0 Å². The third kappa shape index (κ3) is 10.4. The molecule has 0 fully saturated rings. The van der Waals surface area contributed by atoms with E-state index in [9.17, 15) is 9.59 Å². The first kappa shape index (κ1) is 31.1. The first-order valence-corrected chi connectivity index (χ1v) is 12.2. The molecule has 0 amide bonds. The van der Waals surface area contributed by atoms with Gasteiger partial charge in [-0.3, -0.25) is 14.9 Å². The Balaban J connectivity index is 4.94. The molecule has 7 heteroatoms. The Morgan fingerprint density at radius 3 is 1.81 bits per heavy atom. The zero-order valence-electron chi connectivity index (χ0n) is 22.4. The molecule has 2 atom stereocenters. The summed E-state index contributed by atoms with van der Waals surface area (Å²) in [6, 6.07) is -0.736. The van der Waals surface area contributed by atoms with Crippen LogP contribution in [-0.4, -0.2) is 47.9 Å². The Morgan fingerprint density at radius 2 is 1.34 bits per heavy atom. The van der Waals surface area contributed by atoms with Crippen LogP contribution in [0, 0.1) is 10.8 Å². The zero-order chi connectivity index (χ0) is 25.4. The lowest BCUT2D eigenvalue weighted by molar-refractivity contribution is -0.134. The van der Waals surface area contributed by atoms with Crippen LogP contribution in [0.15, 0.2) is 0 Å². The van der Waals surface area contributed by atoms with Crippen LogP contribution in [0.1, 0.15) is 101 Å². The number of carbonyl (C=O) groups excluding carboxylic acids is 2. The summed E-state index contributed by atoms with van der Waals surface area (Å²) >= 11 is 0. The van der Waals surface area contributed by atoms with Gasteiger partial charge in [-0.05, 0) is 66.5 Å². The number of hydrogen-bond acceptors (Lipinski definition) is 7. The number of carbonyl (C=O) groups is 2. The van der Waals surface area contributed by atoms with Crippen LogP contribution in [0.2, 0.25) is 0 Å². The largest absolute Gasteiger partial charge is 0.330 e. The SMILES string of the molecule is CC(C)(N)NC(CCCCN)C(=O)C(C)(C)C(C)(C)NCCCCC(N)C(=O)C(C)(C)C. The van der Waals surface area contributed by atoms with Gasteiger partial charge in [0, 0.05) is 16.4 Å². The fraction of sp³-hybridized carbons (Fsp3) is 0.920. The van der Waals surface area contributed by atoms with E-state index < -0.39 is 28.1 Å². The first-order valence-electron chi connectivity index (χ1n) is 12.2. The van der Waals surface area contributed by atoms with E-state index in [-0.39, 0.29) is 17.6 Å². The van der Waals surface area contributed by atoms with Crippen LogP contribution in [0.4, 0.5) is 0 Å². The summed E-state index contributed by atoms with van der Waals surface area (Å²) < 4.78 is 0. The number of hydrogen-bond donors (Lipinski definition) is 5. The van der Waals surface area contributed by atoms with Crippen molar-refractivity contribution in [3.63, 3.8) is 0 Å². The minimum absolute atomic E-state index is 0.105. The maximum absolute atomic E-state index is 13.6. The summed E-state index contributed by atoms with van der Waals surface area (Å²) in [7, 11) is 0. The van der Waals surface area contributed by atoms with Gasteiger partial charge in [0.05, 0.1) is 17.7 Å². The third-order valence-electron chi connectivity index (χ3n) is 6.57. The number of nitrogens with one attached hydrogen (secondary N) is 2. The van der Waals surface area contributed by atoms with Crippen molar-refractivity contribution in [1.82, 2.24) is 10.6 Å². The molecule has 7 nitrogen and oxygen atoms in total. The highest BCUT2D eigenvalue weighted by Gasteiger charge is 2.45. The van der Waals surface area contributed by atoms with E-state index in [1.807, 2.05) is 48.5 Å². The molecule has 0 bridgehead atoms. The number of nitrogens with two attached hydrogens (primary N) is 3. The van der Waals surface area contributed by atoms with Gasteiger partial charge < -0.3 is 22.5 Å². The van der Waals surface area contributed by atoms with Crippen molar-refractivity contribution in [2.45, 2.75) is 124 Å². The summed E-state index contributed by atoms with van der Waals surface area (Å²) in [6.45, 7) is 19.0. The molecule has 0 radical (unpaired) electrons. The minimum atomic E-state index is -0.639. The second-order valence-electron chi connectivity index (χ2n) is 12.0. The molecule has 2 unspecified atom stereocenters. The quantitative estimate of drug-likeness (QED) is 0.178. The van der Waals surface area contributed by atoms with Crippen molar-refractivity contribution in [2.75, 3.05) is 13.1 Å². The second-order valence-corrected chi connectivity index (χ2v) is 12.0. The molecule has 0 rings (SSSR count). The highest BCUT2D eigenvalue weighted by atomic mass is 16.1. The standard InChI is InChI=1S/C25H53N5O2/c1-22(2,3)20(31)18(27)14-11-13-17-29-24(6,7)23(4,5)21(32)19(15-10-12-16-26)30-25(8,9)28/h18-19,29-30H,10-17,26-28H2,1-9H3. The Kier molecular flexibility index (Phi) is 12.2. The maximum Gasteiger partial charge on any atom is 0.157 e. The monoisotopic (exact) mass is 455 g/mol. The fourth-order valence-electron chi connectivity index (χ4n) is 3.75. The Labute approximate surface area is 197 Å². The fourth-order valence-corrected chi connectivity index (χ4v) is 3.75. The Bertz CT molecular complexity index is 588. The number of rotatable bonds is 16. The molecule has 0 aliphatic rings. The van der Waals surface area contributed by atoms with Crippen molar-refractivity contribution < 1.29 is 9.59 Å². The lowest BCUT2D eigenvalue weighted by Gasteiger charge is -2.44. The molecule has 0 saturated heterocycles. The smallest absolute Gasteiger partial charge is 0.157 e. The topological polar surface area (TPSA) is 136 Å². The summed E-state index contributed by atoms with van der Waals surface area (Å²) in [5.41, 5.74) is 15.8. The average Bonchev–Trinajstić information content (AvgIpc) is 2.63. The molecule has 0 aliphatic carbocycles. The van der Waals surface area contributed by atoms with E-state index in [0.29, 0.717) is 13.0 Å². The predicted molar refractivity (Wildman–Crippen MR) is 135 cm³/mol. The van der Waals surface area contributed by atoms with Crippen LogP contribution >= 0.6 is 0 Å². The lowest BCUT2D eigenvalue weighted by atomic mass is 9.68. The summed E-state index contributed by atoms with van der Waals surface area (Å²) in [6.07, 6.45) is 4.93. The predicted octanol–water partition coefficient (Wildman–Crippen LogP) is 2.84. The number of unbranched alkanes of at least 4 members (excludes halogenated alkanes) is 2. The molecule has 0 aliphatic heterocycles. The van der Waals surface area contributed by atoms with Crippen molar-refractivity contribution in [1.29, 1.82) is 0 Å². The highest BCUT2D eigenvalue weighted by molar-refractivity contribution is 5.90. The first-order chi connectivity index (χ1) is 14.4. The molecule has 0 aromatic carbocycles. The van der Waals surface area contributed by atoms with E-state index in [1.165, 1.54) is 0 Å². The van der Waals surface area contributed by atoms with Gasteiger partial charge in [0.1, 0.15) is 0 Å².